The van der Waals surface area contributed by atoms with Gasteiger partial charge >= 0.3 is 0 Å². The maximum atomic E-state index is 12.8. The van der Waals surface area contributed by atoms with Crippen molar-refractivity contribution in [3.8, 4) is 0 Å². The topological polar surface area (TPSA) is 80.9 Å². The Morgan fingerprint density at radius 3 is 2.91 bits per heavy atom. The van der Waals surface area contributed by atoms with Crippen LogP contribution in [0.4, 0.5) is 5.82 Å². The zero-order valence-corrected chi connectivity index (χ0v) is 18.7. The normalized spacial score (nSPS) is 20.3. The molecule has 1 N–H and O–H groups in total. The van der Waals surface area contributed by atoms with Gasteiger partial charge in [0, 0.05) is 43.1 Å². The van der Waals surface area contributed by atoms with Gasteiger partial charge in [-0.2, -0.15) is 5.10 Å². The van der Waals surface area contributed by atoms with Gasteiger partial charge in [0.25, 0.3) is 5.91 Å². The van der Waals surface area contributed by atoms with Crippen molar-refractivity contribution < 1.29 is 4.79 Å². The minimum Gasteiger partial charge on any atom is -0.355 e. The van der Waals surface area contributed by atoms with Crippen LogP contribution in [0.1, 0.15) is 65.2 Å². The van der Waals surface area contributed by atoms with Crippen molar-refractivity contribution in [2.45, 2.75) is 51.6 Å². The summed E-state index contributed by atoms with van der Waals surface area (Å²) in [5.41, 5.74) is 5.65. The molecular weight excluding hydrogens is 402 g/mol. The predicted molar refractivity (Wildman–Crippen MR) is 121 cm³/mol. The summed E-state index contributed by atoms with van der Waals surface area (Å²) in [5.74, 6) is 0.991. The number of pyridine rings is 1. The third kappa shape index (κ3) is 3.29. The second kappa shape index (κ2) is 7.18. The van der Waals surface area contributed by atoms with Crippen LogP contribution in [0.2, 0.25) is 0 Å². The van der Waals surface area contributed by atoms with Crippen molar-refractivity contribution in [3.63, 3.8) is 0 Å². The van der Waals surface area contributed by atoms with Crippen LogP contribution in [0, 0.1) is 5.41 Å². The first-order chi connectivity index (χ1) is 15.5. The summed E-state index contributed by atoms with van der Waals surface area (Å²) >= 11 is 0. The molecule has 0 radical (unpaired) electrons. The number of amides is 1. The second-order valence-electron chi connectivity index (χ2n) is 9.66. The lowest BCUT2D eigenvalue weighted by atomic mass is 9.97. The smallest absolute Gasteiger partial charge is 0.255 e. The first kappa shape index (κ1) is 19.5. The Balaban J connectivity index is 1.13. The van der Waals surface area contributed by atoms with Gasteiger partial charge in [-0.1, -0.05) is 13.0 Å². The molecule has 1 saturated carbocycles. The molecule has 1 aliphatic heterocycles. The highest BCUT2D eigenvalue weighted by atomic mass is 16.1. The van der Waals surface area contributed by atoms with E-state index in [0.717, 1.165) is 55.1 Å². The number of aromatic nitrogens is 5. The summed E-state index contributed by atoms with van der Waals surface area (Å²) in [5, 5.41) is 7.56. The number of hydrogen-bond donors (Lipinski definition) is 1. The Morgan fingerprint density at radius 2 is 2.12 bits per heavy atom. The summed E-state index contributed by atoms with van der Waals surface area (Å²) in [7, 11) is 2.00. The molecule has 6 rings (SSSR count). The Kier molecular flexibility index (Phi) is 4.38. The lowest BCUT2D eigenvalue weighted by Gasteiger charge is -2.41. The number of aryl methyl sites for hydroxylation is 2. The third-order valence-electron chi connectivity index (χ3n) is 7.35. The summed E-state index contributed by atoms with van der Waals surface area (Å²) in [4.78, 5) is 24.6. The molecule has 32 heavy (non-hydrogen) atoms. The molecule has 166 valence electrons. The zero-order valence-electron chi connectivity index (χ0n) is 18.7. The molecule has 1 amide bonds. The number of rotatable bonds is 6. The van der Waals surface area contributed by atoms with Crippen molar-refractivity contribution in [2.24, 2.45) is 12.5 Å². The van der Waals surface area contributed by atoms with E-state index in [4.69, 9.17) is 4.98 Å². The van der Waals surface area contributed by atoms with Crippen LogP contribution < -0.4 is 10.2 Å². The van der Waals surface area contributed by atoms with Gasteiger partial charge in [0.1, 0.15) is 5.82 Å². The van der Waals surface area contributed by atoms with E-state index in [9.17, 15) is 4.79 Å². The predicted octanol–water partition coefficient (Wildman–Crippen LogP) is 2.64. The van der Waals surface area contributed by atoms with Gasteiger partial charge in [-0.3, -0.25) is 9.48 Å². The van der Waals surface area contributed by atoms with E-state index in [-0.39, 0.29) is 11.9 Å². The highest BCUT2D eigenvalue weighted by molar-refractivity contribution is 5.94. The quantitative estimate of drug-likeness (QED) is 0.649. The maximum Gasteiger partial charge on any atom is 0.255 e. The van der Waals surface area contributed by atoms with Gasteiger partial charge in [-0.05, 0) is 43.7 Å². The molecule has 2 fully saturated rings. The molecule has 4 heterocycles. The SMILES string of the molecule is CCc1nc(N2CC3(CC3)C2)ccc1Cn1cc(C(=O)N[C@@H]2CCc3c2ncn3C)cn1. The van der Waals surface area contributed by atoms with Gasteiger partial charge < -0.3 is 14.8 Å². The molecule has 0 aromatic carbocycles. The average molecular weight is 432 g/mol. The van der Waals surface area contributed by atoms with Crippen LogP contribution in [0.15, 0.2) is 30.9 Å². The Bertz CT molecular complexity index is 1180. The van der Waals surface area contributed by atoms with Crippen LogP contribution in [-0.4, -0.2) is 43.3 Å². The van der Waals surface area contributed by atoms with Crippen LogP contribution in [0.3, 0.4) is 0 Å². The van der Waals surface area contributed by atoms with E-state index in [0.29, 0.717) is 17.5 Å². The fraction of sp³-hybridized carbons (Fsp3) is 0.500. The van der Waals surface area contributed by atoms with E-state index in [1.54, 1.807) is 6.20 Å². The minimum atomic E-state index is -0.101. The molecule has 3 aromatic rings. The fourth-order valence-electron chi connectivity index (χ4n) is 5.17. The Hall–Kier alpha value is -3.16. The fourth-order valence-corrected chi connectivity index (χ4v) is 5.17. The minimum absolute atomic E-state index is 0.0261. The van der Waals surface area contributed by atoms with E-state index in [2.05, 4.69) is 39.4 Å². The molecule has 2 aliphatic carbocycles. The number of carbonyl (C=O) groups is 1. The van der Waals surface area contributed by atoms with Gasteiger partial charge in [0.05, 0.1) is 36.4 Å². The lowest BCUT2D eigenvalue weighted by molar-refractivity contribution is 0.0936. The summed E-state index contributed by atoms with van der Waals surface area (Å²) in [6.45, 7) is 5.06. The van der Waals surface area contributed by atoms with Gasteiger partial charge in [-0.25, -0.2) is 9.97 Å². The molecular formula is C24H29N7O. The number of nitrogens with one attached hydrogen (secondary N) is 1. The molecule has 3 aromatic heterocycles. The maximum absolute atomic E-state index is 12.8. The Morgan fingerprint density at radius 1 is 1.28 bits per heavy atom. The van der Waals surface area contributed by atoms with E-state index < -0.39 is 0 Å². The molecule has 8 heteroatoms. The van der Waals surface area contributed by atoms with Crippen LogP contribution in [-0.2, 0) is 26.4 Å². The number of carbonyl (C=O) groups excluding carboxylic acids is 1. The molecule has 1 atom stereocenters. The highest BCUT2D eigenvalue weighted by Crippen LogP contribution is 2.53. The highest BCUT2D eigenvalue weighted by Gasteiger charge is 2.52. The van der Waals surface area contributed by atoms with Gasteiger partial charge in [-0.15, -0.1) is 0 Å². The first-order valence-corrected chi connectivity index (χ1v) is 11.6. The molecule has 0 bridgehead atoms. The van der Waals surface area contributed by atoms with Crippen LogP contribution in [0.5, 0.6) is 0 Å². The largest absolute Gasteiger partial charge is 0.355 e. The first-order valence-electron chi connectivity index (χ1n) is 11.6. The number of anilines is 1. The van der Waals surface area contributed by atoms with Crippen LogP contribution >= 0.6 is 0 Å². The van der Waals surface area contributed by atoms with Crippen LogP contribution in [0.25, 0.3) is 0 Å². The monoisotopic (exact) mass is 431 g/mol. The molecule has 0 unspecified atom stereocenters. The number of hydrogen-bond acceptors (Lipinski definition) is 5. The van der Waals surface area contributed by atoms with Crippen molar-refractivity contribution in [3.05, 3.63) is 59.1 Å². The molecule has 1 spiro atoms. The van der Waals surface area contributed by atoms with E-state index in [1.165, 1.54) is 18.5 Å². The average Bonchev–Trinajstić information content (AvgIpc) is 3.08. The third-order valence-corrected chi connectivity index (χ3v) is 7.35. The number of nitrogens with zero attached hydrogens (tertiary/aromatic N) is 6. The lowest BCUT2D eigenvalue weighted by Crippen LogP contribution is -2.48. The van der Waals surface area contributed by atoms with Gasteiger partial charge in [0.15, 0.2) is 0 Å². The zero-order chi connectivity index (χ0) is 21.9. The summed E-state index contributed by atoms with van der Waals surface area (Å²) in [6, 6.07) is 4.27. The van der Waals surface area contributed by atoms with Gasteiger partial charge in [0.2, 0.25) is 0 Å². The van der Waals surface area contributed by atoms with Crippen molar-refractivity contribution in [1.82, 2.24) is 29.6 Å². The molecule has 3 aliphatic rings. The molecule has 1 saturated heterocycles. The second-order valence-corrected chi connectivity index (χ2v) is 9.66. The van der Waals surface area contributed by atoms with Crippen molar-refractivity contribution in [1.29, 1.82) is 0 Å². The number of imidazole rings is 1. The van der Waals surface area contributed by atoms with Crippen molar-refractivity contribution in [2.75, 3.05) is 18.0 Å². The Labute approximate surface area is 187 Å². The van der Waals surface area contributed by atoms with E-state index >= 15 is 0 Å². The van der Waals surface area contributed by atoms with E-state index in [1.807, 2.05) is 28.8 Å². The summed E-state index contributed by atoms with van der Waals surface area (Å²) in [6.07, 6.45) is 10.7. The summed E-state index contributed by atoms with van der Waals surface area (Å²) < 4.78 is 3.87. The van der Waals surface area contributed by atoms with Crippen molar-refractivity contribution >= 4 is 11.7 Å². The number of fused-ring (bicyclic) bond motifs is 1. The standard InChI is InChI=1S/C24H29N7O/c1-3-18-16(4-7-21(27-18)30-13-24(14-30)8-9-24)11-31-12-17(10-26-31)23(32)28-19-5-6-20-22(19)25-15-29(20)2/h4,7,10,12,15,19H,3,5-6,8-9,11,13-14H2,1-2H3,(H,28,32)/t19-/m1/s1. The molecule has 8 nitrogen and oxygen atoms in total.